The predicted molar refractivity (Wildman–Crippen MR) is 225 cm³/mol. The first kappa shape index (κ1) is 32.3. The summed E-state index contributed by atoms with van der Waals surface area (Å²) in [6.45, 7) is 0. The van der Waals surface area contributed by atoms with Gasteiger partial charge in [-0.15, -0.1) is 0 Å². The molecule has 0 bridgehead atoms. The van der Waals surface area contributed by atoms with Gasteiger partial charge in [-0.3, -0.25) is 0 Å². The van der Waals surface area contributed by atoms with E-state index in [0.29, 0.717) is 23.0 Å². The zero-order valence-corrected chi connectivity index (χ0v) is 30.8. The molecule has 8 aromatic carbocycles. The number of rotatable bonds is 4. The summed E-state index contributed by atoms with van der Waals surface area (Å²) in [5.74, 6) is 1.89. The van der Waals surface area contributed by atoms with Gasteiger partial charge in [0.15, 0.2) is 17.5 Å². The maximum absolute atomic E-state index is 9.60. The highest BCUT2D eigenvalue weighted by atomic mass is 32.2. The van der Waals surface area contributed by atoms with E-state index in [1.807, 2.05) is 42.1 Å². The average molecular weight is 731 g/mol. The van der Waals surface area contributed by atoms with E-state index in [1.54, 1.807) is 0 Å². The normalized spacial score (nSPS) is 13.1. The average Bonchev–Trinajstić information content (AvgIpc) is 3.56. The van der Waals surface area contributed by atoms with Gasteiger partial charge in [0.2, 0.25) is 0 Å². The molecule has 9 aromatic rings. The molecule has 260 valence electrons. The lowest BCUT2D eigenvalue weighted by molar-refractivity contribution is 0.722. The Morgan fingerprint density at radius 2 is 1.02 bits per heavy atom. The molecule has 0 unspecified atom stereocenters. The number of hydrogen-bond donors (Lipinski definition) is 0. The van der Waals surface area contributed by atoms with Crippen molar-refractivity contribution in [2.75, 3.05) is 0 Å². The van der Waals surface area contributed by atoms with E-state index >= 15 is 0 Å². The highest BCUT2D eigenvalue weighted by Crippen LogP contribution is 2.63. The van der Waals surface area contributed by atoms with E-state index in [2.05, 4.69) is 158 Å². The summed E-state index contributed by atoms with van der Waals surface area (Å²) in [5, 5.41) is 11.8. The Balaban J connectivity index is 1.21. The molecule has 0 fully saturated rings. The fraction of sp³-hybridized carbons (Fsp3) is 0.0196. The molecule has 1 aliphatic carbocycles. The van der Waals surface area contributed by atoms with Crippen molar-refractivity contribution in [2.24, 2.45) is 0 Å². The Labute approximate surface area is 328 Å². The van der Waals surface area contributed by atoms with Gasteiger partial charge < -0.3 is 0 Å². The third-order valence-electron chi connectivity index (χ3n) is 11.2. The van der Waals surface area contributed by atoms with Crippen molar-refractivity contribution in [3.8, 4) is 62.5 Å². The molecule has 56 heavy (non-hydrogen) atoms. The molecule has 1 aliphatic heterocycles. The molecule has 0 radical (unpaired) electrons. The van der Waals surface area contributed by atoms with E-state index < -0.39 is 5.41 Å². The summed E-state index contributed by atoms with van der Waals surface area (Å²) in [4.78, 5) is 18.1. The number of fused-ring (bicyclic) bond motifs is 10. The van der Waals surface area contributed by atoms with Gasteiger partial charge in [-0.25, -0.2) is 15.0 Å². The largest absolute Gasteiger partial charge is 0.208 e. The van der Waals surface area contributed by atoms with Crippen LogP contribution >= 0.6 is 11.8 Å². The van der Waals surface area contributed by atoms with Crippen LogP contribution in [0.25, 0.3) is 67.2 Å². The molecule has 1 aromatic heterocycles. The maximum atomic E-state index is 9.60. The Bertz CT molecular complexity index is 3020. The molecule has 11 rings (SSSR count). The van der Waals surface area contributed by atoms with Gasteiger partial charge in [0.25, 0.3) is 0 Å². The Morgan fingerprint density at radius 3 is 1.79 bits per heavy atom. The van der Waals surface area contributed by atoms with Crippen molar-refractivity contribution in [1.29, 1.82) is 5.26 Å². The van der Waals surface area contributed by atoms with Crippen LogP contribution in [0.3, 0.4) is 0 Å². The first-order valence-corrected chi connectivity index (χ1v) is 19.5. The fourth-order valence-corrected chi connectivity index (χ4v) is 10.0. The molecular weight excluding hydrogens is 701 g/mol. The van der Waals surface area contributed by atoms with Gasteiger partial charge >= 0.3 is 0 Å². The van der Waals surface area contributed by atoms with Gasteiger partial charge in [-0.05, 0) is 85.6 Å². The highest BCUT2D eigenvalue weighted by Gasteiger charge is 2.51. The quantitative estimate of drug-likeness (QED) is 0.180. The SMILES string of the molecule is N#Cc1ccc(-c2cccc3c2-c2ccc(-c4nc(-c5ccccc5)nc(-c5cccc6ccccc56)n4)cc2C32c3ccccc3Sc3ccccc32)cc1. The zero-order valence-electron chi connectivity index (χ0n) is 30.0. The number of nitrogens with zero attached hydrogens (tertiary/aromatic N) is 4. The number of hydrogen-bond acceptors (Lipinski definition) is 5. The molecule has 0 saturated carbocycles. The van der Waals surface area contributed by atoms with Gasteiger partial charge in [-0.2, -0.15) is 5.26 Å². The van der Waals surface area contributed by atoms with Crippen molar-refractivity contribution in [1.82, 2.24) is 15.0 Å². The summed E-state index contributed by atoms with van der Waals surface area (Å²) in [6, 6.07) is 66.2. The third-order valence-corrected chi connectivity index (χ3v) is 12.4. The van der Waals surface area contributed by atoms with Crippen molar-refractivity contribution in [3.63, 3.8) is 0 Å². The molecular formula is C51H30N4S. The van der Waals surface area contributed by atoms with Crippen LogP contribution in [0.1, 0.15) is 27.8 Å². The number of aromatic nitrogens is 3. The lowest BCUT2D eigenvalue weighted by atomic mass is 9.67. The van der Waals surface area contributed by atoms with Gasteiger partial charge in [0.05, 0.1) is 17.0 Å². The van der Waals surface area contributed by atoms with E-state index in [4.69, 9.17) is 15.0 Å². The fourth-order valence-electron chi connectivity index (χ4n) is 8.81. The Kier molecular flexibility index (Phi) is 7.35. The van der Waals surface area contributed by atoms with Crippen LogP contribution in [0, 0.1) is 11.3 Å². The van der Waals surface area contributed by atoms with E-state index in [1.165, 1.54) is 43.2 Å². The maximum Gasteiger partial charge on any atom is 0.164 e. The predicted octanol–water partition coefficient (Wildman–Crippen LogP) is 12.4. The van der Waals surface area contributed by atoms with Crippen LogP contribution in [0.2, 0.25) is 0 Å². The molecule has 5 heteroatoms. The first-order valence-electron chi connectivity index (χ1n) is 18.7. The summed E-state index contributed by atoms with van der Waals surface area (Å²) in [7, 11) is 0. The molecule has 2 heterocycles. The van der Waals surface area contributed by atoms with Gasteiger partial charge in [0, 0.05) is 26.5 Å². The molecule has 4 nitrogen and oxygen atoms in total. The smallest absolute Gasteiger partial charge is 0.164 e. The monoisotopic (exact) mass is 730 g/mol. The lowest BCUT2D eigenvalue weighted by Crippen LogP contribution is -2.32. The van der Waals surface area contributed by atoms with Crippen molar-refractivity contribution in [3.05, 3.63) is 210 Å². The first-order chi connectivity index (χ1) is 27.7. The minimum Gasteiger partial charge on any atom is -0.208 e. The molecule has 0 N–H and O–H groups in total. The second-order valence-electron chi connectivity index (χ2n) is 14.2. The summed E-state index contributed by atoms with van der Waals surface area (Å²) >= 11 is 1.83. The highest BCUT2D eigenvalue weighted by molar-refractivity contribution is 7.99. The van der Waals surface area contributed by atoms with E-state index in [9.17, 15) is 5.26 Å². The second kappa shape index (κ2) is 12.7. The van der Waals surface area contributed by atoms with Crippen LogP contribution in [-0.4, -0.2) is 15.0 Å². The van der Waals surface area contributed by atoms with Crippen LogP contribution in [-0.2, 0) is 5.41 Å². The topological polar surface area (TPSA) is 62.5 Å². The minimum absolute atomic E-state index is 0.602. The Hall–Kier alpha value is -7.13. The molecule has 0 amide bonds. The van der Waals surface area contributed by atoms with Gasteiger partial charge in [-0.1, -0.05) is 163 Å². The van der Waals surface area contributed by atoms with Gasteiger partial charge in [0.1, 0.15) is 0 Å². The molecule has 1 spiro atoms. The summed E-state index contributed by atoms with van der Waals surface area (Å²) < 4.78 is 0. The van der Waals surface area contributed by atoms with E-state index in [0.717, 1.165) is 38.6 Å². The van der Waals surface area contributed by atoms with Crippen molar-refractivity contribution in [2.45, 2.75) is 15.2 Å². The molecule has 2 aliphatic rings. The minimum atomic E-state index is -0.602. The number of benzene rings is 8. The van der Waals surface area contributed by atoms with Crippen molar-refractivity contribution < 1.29 is 0 Å². The van der Waals surface area contributed by atoms with Crippen LogP contribution < -0.4 is 0 Å². The zero-order chi connectivity index (χ0) is 37.2. The lowest BCUT2D eigenvalue weighted by Gasteiger charge is -2.39. The molecule has 0 atom stereocenters. The van der Waals surface area contributed by atoms with Crippen LogP contribution in [0.5, 0.6) is 0 Å². The summed E-state index contributed by atoms with van der Waals surface area (Å²) in [5.41, 5.74) is 12.4. The third kappa shape index (κ3) is 4.83. The Morgan fingerprint density at radius 1 is 0.429 bits per heavy atom. The summed E-state index contributed by atoms with van der Waals surface area (Å²) in [6.07, 6.45) is 0. The van der Waals surface area contributed by atoms with Crippen molar-refractivity contribution >= 4 is 22.5 Å². The second-order valence-corrected chi connectivity index (χ2v) is 15.3. The van der Waals surface area contributed by atoms with Crippen LogP contribution in [0.4, 0.5) is 0 Å². The standard InChI is InChI=1S/C51H30N4S/c52-31-32-24-26-34(27-25-32)38-17-11-21-43-47(38)40-29-28-36(30-44(40)51(43)41-19-6-8-22-45(41)56-46-23-9-7-20-42(46)51)49-53-48(35-13-2-1-3-14-35)54-50(55-49)39-18-10-15-33-12-4-5-16-37(33)39/h1-30H. The van der Waals surface area contributed by atoms with E-state index in [-0.39, 0.29) is 0 Å². The van der Waals surface area contributed by atoms with Crippen LogP contribution in [0.15, 0.2) is 192 Å². The molecule has 0 saturated heterocycles. The number of nitriles is 1.